The second-order valence-corrected chi connectivity index (χ2v) is 8.33. The van der Waals surface area contributed by atoms with Crippen molar-refractivity contribution in [1.82, 2.24) is 25.6 Å². The van der Waals surface area contributed by atoms with Gasteiger partial charge in [-0.25, -0.2) is 4.79 Å². The summed E-state index contributed by atoms with van der Waals surface area (Å²) in [5.41, 5.74) is 1.93. The molecule has 3 aliphatic heterocycles. The smallest absolute Gasteiger partial charge is 0.344 e. The fourth-order valence-corrected chi connectivity index (χ4v) is 4.50. The van der Waals surface area contributed by atoms with E-state index < -0.39 is 23.4 Å². The molecule has 3 fully saturated rings. The number of hydrazine groups is 1. The maximum Gasteiger partial charge on any atom is 0.344 e. The number of hydrogen-bond donors (Lipinski definition) is 2. The monoisotopic (exact) mass is 443 g/mol. The highest BCUT2D eigenvalue weighted by Gasteiger charge is 2.52. The van der Waals surface area contributed by atoms with Crippen LogP contribution < -0.4 is 10.7 Å². The van der Waals surface area contributed by atoms with Crippen molar-refractivity contribution in [2.45, 2.75) is 37.8 Å². The van der Waals surface area contributed by atoms with Crippen LogP contribution in [0.3, 0.4) is 0 Å². The van der Waals surface area contributed by atoms with Gasteiger partial charge in [0.25, 0.3) is 17.7 Å². The van der Waals surface area contributed by atoms with Gasteiger partial charge in [-0.2, -0.15) is 5.01 Å². The minimum atomic E-state index is -1.19. The average Bonchev–Trinajstić information content (AvgIpc) is 3.43. The Hall–Kier alpha value is -2.98. The van der Waals surface area contributed by atoms with Crippen molar-refractivity contribution in [2.75, 3.05) is 39.3 Å². The first-order valence-corrected chi connectivity index (χ1v) is 11.1. The lowest BCUT2D eigenvalue weighted by Gasteiger charge is -2.35. The molecule has 1 aromatic carbocycles. The van der Waals surface area contributed by atoms with Crippen molar-refractivity contribution < 1.29 is 23.9 Å². The third-order valence-corrected chi connectivity index (χ3v) is 6.38. The first-order valence-electron chi connectivity index (χ1n) is 11.1. The van der Waals surface area contributed by atoms with Gasteiger partial charge in [0.15, 0.2) is 0 Å². The molecule has 10 nitrogen and oxygen atoms in total. The van der Waals surface area contributed by atoms with Gasteiger partial charge in [0, 0.05) is 32.8 Å². The van der Waals surface area contributed by atoms with Crippen molar-refractivity contribution in [2.24, 2.45) is 0 Å². The van der Waals surface area contributed by atoms with Gasteiger partial charge in [-0.3, -0.25) is 24.7 Å². The number of urea groups is 1. The molecule has 0 bridgehead atoms. The largest absolute Gasteiger partial charge is 0.368 e. The highest BCUT2D eigenvalue weighted by Crippen LogP contribution is 2.31. The molecule has 0 radical (unpaired) electrons. The van der Waals surface area contributed by atoms with Gasteiger partial charge in [0.2, 0.25) is 0 Å². The van der Waals surface area contributed by atoms with Crippen LogP contribution in [0.15, 0.2) is 30.3 Å². The van der Waals surface area contributed by atoms with Gasteiger partial charge in [-0.05, 0) is 24.8 Å². The second kappa shape index (κ2) is 9.25. The van der Waals surface area contributed by atoms with E-state index in [1.807, 2.05) is 17.9 Å². The summed E-state index contributed by atoms with van der Waals surface area (Å²) in [4.78, 5) is 54.3. The zero-order valence-corrected chi connectivity index (χ0v) is 18.2. The van der Waals surface area contributed by atoms with Crippen molar-refractivity contribution in [3.63, 3.8) is 0 Å². The van der Waals surface area contributed by atoms with Gasteiger partial charge in [-0.1, -0.05) is 37.3 Å². The predicted octanol–water partition coefficient (Wildman–Crippen LogP) is 0.198. The number of rotatable bonds is 6. The molecule has 0 aliphatic carbocycles. The van der Waals surface area contributed by atoms with E-state index in [4.69, 9.17) is 4.74 Å². The molecule has 4 rings (SSSR count). The fraction of sp³-hybridized carbons (Fsp3) is 0.545. The molecule has 3 saturated heterocycles. The van der Waals surface area contributed by atoms with E-state index in [0.29, 0.717) is 44.8 Å². The number of carbonyl (C=O) groups excluding carboxylic acids is 4. The highest BCUT2D eigenvalue weighted by molar-refractivity contribution is 6.08. The minimum Gasteiger partial charge on any atom is -0.368 e. The van der Waals surface area contributed by atoms with E-state index in [1.165, 1.54) is 0 Å². The van der Waals surface area contributed by atoms with Crippen molar-refractivity contribution in [1.29, 1.82) is 0 Å². The molecule has 32 heavy (non-hydrogen) atoms. The summed E-state index contributed by atoms with van der Waals surface area (Å²) in [7, 11) is 0. The van der Waals surface area contributed by atoms with E-state index in [0.717, 1.165) is 17.9 Å². The minimum absolute atomic E-state index is 0.0164. The van der Waals surface area contributed by atoms with E-state index in [1.54, 1.807) is 29.2 Å². The summed E-state index contributed by atoms with van der Waals surface area (Å²) < 4.78 is 5.47. The number of imide groups is 1. The van der Waals surface area contributed by atoms with Gasteiger partial charge in [0.1, 0.15) is 11.6 Å². The predicted molar refractivity (Wildman–Crippen MR) is 114 cm³/mol. The van der Waals surface area contributed by atoms with Crippen LogP contribution in [0.2, 0.25) is 0 Å². The molecule has 3 aliphatic rings. The number of hydrogen-bond acceptors (Lipinski definition) is 6. The van der Waals surface area contributed by atoms with Crippen LogP contribution in [0.25, 0.3) is 0 Å². The Labute approximate surface area is 186 Å². The molecule has 10 heteroatoms. The summed E-state index contributed by atoms with van der Waals surface area (Å²) in [5.74, 6) is -0.938. The van der Waals surface area contributed by atoms with Crippen LogP contribution in [0, 0.1) is 0 Å². The maximum absolute atomic E-state index is 13.1. The molecule has 1 aromatic rings. The SMILES string of the molecule is CCC1(c2ccccc2)NC(=O)N(NC(=O)CN2CCN(C(=O)C3CCCO3)CC2)C1=O. The Morgan fingerprint density at radius 1 is 1.16 bits per heavy atom. The Kier molecular flexibility index (Phi) is 6.43. The number of piperazine rings is 1. The number of carbonyl (C=O) groups is 4. The third kappa shape index (κ3) is 4.20. The van der Waals surface area contributed by atoms with Gasteiger partial charge >= 0.3 is 6.03 Å². The standard InChI is InChI=1S/C22H29N5O5/c1-2-22(16-7-4-3-5-8-16)20(30)27(21(31)23-22)24-18(28)15-25-10-12-26(13-11-25)19(29)17-9-6-14-32-17/h3-5,7-8,17H,2,6,9-15H2,1H3,(H,23,31)(H,24,28). The van der Waals surface area contributed by atoms with Crippen molar-refractivity contribution in [3.05, 3.63) is 35.9 Å². The van der Waals surface area contributed by atoms with E-state index in [9.17, 15) is 19.2 Å². The Balaban J connectivity index is 1.31. The van der Waals surface area contributed by atoms with Crippen LogP contribution in [0.5, 0.6) is 0 Å². The Morgan fingerprint density at radius 3 is 2.50 bits per heavy atom. The van der Waals surface area contributed by atoms with E-state index in [2.05, 4.69) is 10.7 Å². The maximum atomic E-state index is 13.1. The normalized spacial score (nSPS) is 26.3. The molecular formula is C22H29N5O5. The first kappa shape index (κ1) is 22.2. The molecule has 3 heterocycles. The summed E-state index contributed by atoms with van der Waals surface area (Å²) in [6, 6.07) is 8.35. The van der Waals surface area contributed by atoms with Crippen LogP contribution in [-0.2, 0) is 24.7 Å². The molecule has 0 spiro atoms. The topological polar surface area (TPSA) is 111 Å². The molecule has 172 valence electrons. The summed E-state index contributed by atoms with van der Waals surface area (Å²) in [6.45, 7) is 4.58. The third-order valence-electron chi connectivity index (χ3n) is 6.38. The quantitative estimate of drug-likeness (QED) is 0.608. The van der Waals surface area contributed by atoms with E-state index >= 15 is 0 Å². The lowest BCUT2D eigenvalue weighted by molar-refractivity contribution is -0.143. The van der Waals surface area contributed by atoms with Crippen LogP contribution in [0.4, 0.5) is 4.79 Å². The molecule has 0 saturated carbocycles. The van der Waals surface area contributed by atoms with Crippen LogP contribution >= 0.6 is 0 Å². The highest BCUT2D eigenvalue weighted by atomic mass is 16.5. The molecule has 2 atom stereocenters. The van der Waals surface area contributed by atoms with Crippen molar-refractivity contribution in [3.8, 4) is 0 Å². The lowest BCUT2D eigenvalue weighted by atomic mass is 9.87. The molecule has 0 aromatic heterocycles. The van der Waals surface area contributed by atoms with Crippen LogP contribution in [-0.4, -0.2) is 84.0 Å². The molecule has 2 N–H and O–H groups in total. The summed E-state index contributed by atoms with van der Waals surface area (Å²) in [6.07, 6.45) is 1.68. The number of nitrogens with zero attached hydrogens (tertiary/aromatic N) is 3. The number of amides is 5. The van der Waals surface area contributed by atoms with Crippen LogP contribution in [0.1, 0.15) is 31.7 Å². The zero-order valence-electron chi connectivity index (χ0n) is 18.2. The number of nitrogens with one attached hydrogen (secondary N) is 2. The summed E-state index contributed by atoms with van der Waals surface area (Å²) >= 11 is 0. The van der Waals surface area contributed by atoms with Crippen molar-refractivity contribution >= 4 is 23.8 Å². The Bertz CT molecular complexity index is 880. The lowest BCUT2D eigenvalue weighted by Crippen LogP contribution is -2.55. The Morgan fingerprint density at radius 2 is 1.88 bits per heavy atom. The average molecular weight is 444 g/mol. The first-order chi connectivity index (χ1) is 15.4. The van der Waals surface area contributed by atoms with Gasteiger partial charge < -0.3 is 15.0 Å². The zero-order chi connectivity index (χ0) is 22.7. The van der Waals surface area contributed by atoms with E-state index in [-0.39, 0.29) is 18.6 Å². The van der Waals surface area contributed by atoms with Gasteiger partial charge in [-0.15, -0.1) is 0 Å². The second-order valence-electron chi connectivity index (χ2n) is 8.33. The summed E-state index contributed by atoms with van der Waals surface area (Å²) in [5, 5.41) is 3.51. The molecular weight excluding hydrogens is 414 g/mol. The fourth-order valence-electron chi connectivity index (χ4n) is 4.50. The number of benzene rings is 1. The van der Waals surface area contributed by atoms with Gasteiger partial charge in [0.05, 0.1) is 6.54 Å². The molecule has 5 amide bonds. The molecule has 2 unspecified atom stereocenters. The number of ether oxygens (including phenoxy) is 1.